The average Bonchev–Trinajstić information content (AvgIpc) is 2.59. The number of ether oxygens (including phenoxy) is 2. The van der Waals surface area contributed by atoms with Crippen LogP contribution in [0.1, 0.15) is 43.5 Å². The number of hydrogen-bond acceptors (Lipinski definition) is 4. The highest BCUT2D eigenvalue weighted by Gasteiger charge is 2.13. The Morgan fingerprint density at radius 1 is 1.04 bits per heavy atom. The maximum Gasteiger partial charge on any atom is 0.338 e. The zero-order valence-electron chi connectivity index (χ0n) is 14.8. The van der Waals surface area contributed by atoms with Crippen molar-refractivity contribution < 1.29 is 19.1 Å². The summed E-state index contributed by atoms with van der Waals surface area (Å²) in [6.07, 6.45) is 2.71. The van der Waals surface area contributed by atoms with Crippen LogP contribution in [0, 0.1) is 0 Å². The number of hydrogen-bond donors (Lipinski definition) is 1. The van der Waals surface area contributed by atoms with E-state index in [9.17, 15) is 9.59 Å². The number of anilines is 1. The second kappa shape index (κ2) is 11.5. The van der Waals surface area contributed by atoms with E-state index in [-0.39, 0.29) is 12.0 Å². The maximum atomic E-state index is 12.3. The number of amides is 2. The van der Waals surface area contributed by atoms with E-state index in [4.69, 9.17) is 9.47 Å². The molecule has 0 unspecified atom stereocenters. The number of carbonyl (C=O) groups excluding carboxylic acids is 2. The Kier molecular flexibility index (Phi) is 9.53. The first-order valence-electron chi connectivity index (χ1n) is 8.44. The highest BCUT2D eigenvalue weighted by atomic mass is 16.5. The van der Waals surface area contributed by atoms with Crippen LogP contribution in [-0.2, 0) is 9.47 Å². The molecule has 0 radical (unpaired) electrons. The van der Waals surface area contributed by atoms with Gasteiger partial charge in [-0.1, -0.05) is 20.3 Å². The Morgan fingerprint density at radius 3 is 2.33 bits per heavy atom. The zero-order valence-corrected chi connectivity index (χ0v) is 14.8. The standard InChI is InChI=1S/C18H28N2O4/c1-4-6-13-24-17(21)15-7-9-16(10-8-15)19-18(22)20(11-5-2)12-14-23-3/h7-10H,4-6,11-14H2,1-3H3,(H,19,22). The molecule has 0 bridgehead atoms. The lowest BCUT2D eigenvalue weighted by Crippen LogP contribution is -2.37. The molecule has 1 aromatic carbocycles. The summed E-state index contributed by atoms with van der Waals surface area (Å²) in [5, 5.41) is 2.83. The number of urea groups is 1. The largest absolute Gasteiger partial charge is 0.462 e. The number of benzene rings is 1. The molecule has 0 spiro atoms. The van der Waals surface area contributed by atoms with E-state index in [2.05, 4.69) is 5.32 Å². The highest BCUT2D eigenvalue weighted by Crippen LogP contribution is 2.12. The lowest BCUT2D eigenvalue weighted by atomic mass is 10.2. The van der Waals surface area contributed by atoms with Crippen LogP contribution in [-0.4, -0.2) is 50.3 Å². The maximum absolute atomic E-state index is 12.3. The third-order valence-electron chi connectivity index (χ3n) is 3.45. The van der Waals surface area contributed by atoms with Crippen molar-refractivity contribution in [3.05, 3.63) is 29.8 Å². The molecule has 0 aromatic heterocycles. The van der Waals surface area contributed by atoms with Crippen molar-refractivity contribution in [3.63, 3.8) is 0 Å². The van der Waals surface area contributed by atoms with Gasteiger partial charge in [-0.2, -0.15) is 0 Å². The minimum Gasteiger partial charge on any atom is -0.462 e. The molecule has 0 atom stereocenters. The number of rotatable bonds is 10. The fraction of sp³-hybridized carbons (Fsp3) is 0.556. The summed E-state index contributed by atoms with van der Waals surface area (Å²) in [6.45, 7) is 6.19. The second-order valence-electron chi connectivity index (χ2n) is 5.48. The van der Waals surface area contributed by atoms with E-state index in [0.29, 0.717) is 37.6 Å². The van der Waals surface area contributed by atoms with Crippen LogP contribution in [0.4, 0.5) is 10.5 Å². The summed E-state index contributed by atoms with van der Waals surface area (Å²) in [7, 11) is 1.61. The van der Waals surface area contributed by atoms with Crippen molar-refractivity contribution >= 4 is 17.7 Å². The van der Waals surface area contributed by atoms with Gasteiger partial charge in [0.2, 0.25) is 0 Å². The number of methoxy groups -OCH3 is 1. The molecule has 0 heterocycles. The highest BCUT2D eigenvalue weighted by molar-refractivity contribution is 5.92. The predicted octanol–water partition coefficient (Wildman–Crippen LogP) is 3.53. The molecule has 6 nitrogen and oxygen atoms in total. The van der Waals surface area contributed by atoms with Crippen LogP contribution in [0.3, 0.4) is 0 Å². The average molecular weight is 336 g/mol. The molecule has 1 N–H and O–H groups in total. The van der Waals surface area contributed by atoms with Crippen molar-refractivity contribution in [2.75, 3.05) is 38.7 Å². The SMILES string of the molecule is CCCCOC(=O)c1ccc(NC(=O)N(CCC)CCOC)cc1. The van der Waals surface area contributed by atoms with Crippen molar-refractivity contribution in [3.8, 4) is 0 Å². The van der Waals surface area contributed by atoms with Crippen LogP contribution < -0.4 is 5.32 Å². The van der Waals surface area contributed by atoms with Gasteiger partial charge < -0.3 is 19.7 Å². The third kappa shape index (κ3) is 7.00. The van der Waals surface area contributed by atoms with E-state index in [1.165, 1.54) is 0 Å². The first kappa shape index (κ1) is 20.0. The summed E-state index contributed by atoms with van der Waals surface area (Å²) in [6, 6.07) is 6.54. The number of esters is 1. The predicted molar refractivity (Wildman–Crippen MR) is 94.4 cm³/mol. The molecule has 0 saturated heterocycles. The van der Waals surface area contributed by atoms with Gasteiger partial charge in [0.1, 0.15) is 0 Å². The molecule has 0 fully saturated rings. The quantitative estimate of drug-likeness (QED) is 0.524. The molecular formula is C18H28N2O4. The van der Waals surface area contributed by atoms with Crippen molar-refractivity contribution in [2.45, 2.75) is 33.1 Å². The van der Waals surface area contributed by atoms with Gasteiger partial charge in [-0.15, -0.1) is 0 Å². The van der Waals surface area contributed by atoms with Crippen LogP contribution in [0.5, 0.6) is 0 Å². The van der Waals surface area contributed by atoms with Gasteiger partial charge in [0.25, 0.3) is 0 Å². The number of nitrogens with one attached hydrogen (secondary N) is 1. The Morgan fingerprint density at radius 2 is 1.75 bits per heavy atom. The van der Waals surface area contributed by atoms with Gasteiger partial charge in [0.15, 0.2) is 0 Å². The van der Waals surface area contributed by atoms with Gasteiger partial charge in [-0.25, -0.2) is 9.59 Å². The van der Waals surface area contributed by atoms with Gasteiger partial charge in [-0.05, 0) is 37.1 Å². The summed E-state index contributed by atoms with van der Waals surface area (Å²) in [5.74, 6) is -0.339. The molecule has 1 aromatic rings. The smallest absolute Gasteiger partial charge is 0.338 e. The molecule has 0 saturated carbocycles. The van der Waals surface area contributed by atoms with E-state index in [1.807, 2.05) is 13.8 Å². The lowest BCUT2D eigenvalue weighted by molar-refractivity contribution is 0.0500. The van der Waals surface area contributed by atoms with Crippen molar-refractivity contribution in [1.82, 2.24) is 4.90 Å². The topological polar surface area (TPSA) is 67.9 Å². The Hall–Kier alpha value is -2.08. The van der Waals surface area contributed by atoms with Crippen LogP contribution >= 0.6 is 0 Å². The van der Waals surface area contributed by atoms with E-state index in [1.54, 1.807) is 36.3 Å². The molecule has 0 aliphatic carbocycles. The molecule has 0 aliphatic heterocycles. The monoisotopic (exact) mass is 336 g/mol. The van der Waals surface area contributed by atoms with E-state index < -0.39 is 0 Å². The molecule has 24 heavy (non-hydrogen) atoms. The van der Waals surface area contributed by atoms with Crippen molar-refractivity contribution in [1.29, 1.82) is 0 Å². The van der Waals surface area contributed by atoms with Gasteiger partial charge in [0.05, 0.1) is 18.8 Å². The summed E-state index contributed by atoms with van der Waals surface area (Å²) in [5.41, 5.74) is 1.12. The molecule has 1 rings (SSSR count). The molecule has 134 valence electrons. The summed E-state index contributed by atoms with van der Waals surface area (Å²) < 4.78 is 10.2. The first-order valence-corrected chi connectivity index (χ1v) is 8.44. The van der Waals surface area contributed by atoms with Crippen LogP contribution in [0.2, 0.25) is 0 Å². The Labute approximate surface area is 144 Å². The number of carbonyl (C=O) groups is 2. The molecule has 2 amide bonds. The van der Waals surface area contributed by atoms with E-state index >= 15 is 0 Å². The van der Waals surface area contributed by atoms with E-state index in [0.717, 1.165) is 19.3 Å². The minimum absolute atomic E-state index is 0.174. The number of nitrogens with zero attached hydrogens (tertiary/aromatic N) is 1. The fourth-order valence-electron chi connectivity index (χ4n) is 2.07. The van der Waals surface area contributed by atoms with Crippen LogP contribution in [0.25, 0.3) is 0 Å². The van der Waals surface area contributed by atoms with Crippen molar-refractivity contribution in [2.24, 2.45) is 0 Å². The minimum atomic E-state index is -0.339. The van der Waals surface area contributed by atoms with Gasteiger partial charge >= 0.3 is 12.0 Å². The molecular weight excluding hydrogens is 308 g/mol. The van der Waals surface area contributed by atoms with Gasteiger partial charge in [0, 0.05) is 25.9 Å². The second-order valence-corrected chi connectivity index (χ2v) is 5.48. The normalized spacial score (nSPS) is 10.3. The third-order valence-corrected chi connectivity index (χ3v) is 3.45. The first-order chi connectivity index (χ1) is 11.6. The van der Waals surface area contributed by atoms with Gasteiger partial charge in [-0.3, -0.25) is 0 Å². The Bertz CT molecular complexity index is 502. The summed E-state index contributed by atoms with van der Waals surface area (Å²) in [4.78, 5) is 25.8. The molecule has 6 heteroatoms. The summed E-state index contributed by atoms with van der Waals surface area (Å²) >= 11 is 0. The zero-order chi connectivity index (χ0) is 17.8. The Balaban J connectivity index is 2.58. The molecule has 0 aliphatic rings. The fourth-order valence-corrected chi connectivity index (χ4v) is 2.07. The van der Waals surface area contributed by atoms with Crippen LogP contribution in [0.15, 0.2) is 24.3 Å². The lowest BCUT2D eigenvalue weighted by Gasteiger charge is -2.22. The number of unbranched alkanes of at least 4 members (excludes halogenated alkanes) is 1.